The van der Waals surface area contributed by atoms with E-state index in [0.29, 0.717) is 23.3 Å². The molecule has 2 heterocycles. The fourth-order valence-electron chi connectivity index (χ4n) is 2.68. The summed E-state index contributed by atoms with van der Waals surface area (Å²) in [5.74, 6) is 1.91. The first-order valence-electron chi connectivity index (χ1n) is 8.27. The quantitative estimate of drug-likeness (QED) is 0.793. The highest BCUT2D eigenvalue weighted by atomic mass is 35.5. The maximum absolute atomic E-state index is 6.13. The zero-order valence-electron chi connectivity index (χ0n) is 13.3. The van der Waals surface area contributed by atoms with Crippen molar-refractivity contribution in [1.29, 1.82) is 0 Å². The Bertz CT molecular complexity index is 639. The molecular formula is C17H22ClN3O2. The number of piperidine rings is 1. The molecule has 2 aromatic rings. The maximum Gasteiger partial charge on any atom is 0.244 e. The maximum atomic E-state index is 6.13. The monoisotopic (exact) mass is 335 g/mol. The van der Waals surface area contributed by atoms with Crippen molar-refractivity contribution in [3.8, 4) is 17.1 Å². The van der Waals surface area contributed by atoms with Crippen molar-refractivity contribution in [3.05, 3.63) is 29.1 Å². The van der Waals surface area contributed by atoms with Crippen LogP contribution in [-0.4, -0.2) is 23.3 Å². The molecule has 6 heteroatoms. The van der Waals surface area contributed by atoms with Crippen molar-refractivity contribution in [2.45, 2.75) is 45.1 Å². The summed E-state index contributed by atoms with van der Waals surface area (Å²) in [6.45, 7) is 3.79. The standard InChI is InChI=1S/C17H22ClN3O2/c1-2-3-10-22-15-8-7-12(18)11-13(15)16-20-17(23-21-16)14-6-4-5-9-19-14/h7-8,11,14,19H,2-6,9-10H2,1H3/t14-/m0/s1. The highest BCUT2D eigenvalue weighted by Gasteiger charge is 2.22. The Kier molecular flexibility index (Phi) is 5.51. The lowest BCUT2D eigenvalue weighted by molar-refractivity contribution is 0.297. The van der Waals surface area contributed by atoms with Gasteiger partial charge in [-0.15, -0.1) is 0 Å². The first-order chi connectivity index (χ1) is 11.3. The van der Waals surface area contributed by atoms with Crippen LogP contribution < -0.4 is 10.1 Å². The van der Waals surface area contributed by atoms with Gasteiger partial charge in [0, 0.05) is 5.02 Å². The molecule has 0 radical (unpaired) electrons. The number of halogens is 1. The summed E-state index contributed by atoms with van der Waals surface area (Å²) in [6, 6.07) is 5.65. The molecule has 0 spiro atoms. The fraction of sp³-hybridized carbons (Fsp3) is 0.529. The van der Waals surface area contributed by atoms with Crippen molar-refractivity contribution < 1.29 is 9.26 Å². The van der Waals surface area contributed by atoms with E-state index in [1.807, 2.05) is 18.2 Å². The smallest absolute Gasteiger partial charge is 0.244 e. The summed E-state index contributed by atoms with van der Waals surface area (Å²) in [5.41, 5.74) is 0.777. The second-order valence-electron chi connectivity index (χ2n) is 5.80. The predicted molar refractivity (Wildman–Crippen MR) is 89.7 cm³/mol. The van der Waals surface area contributed by atoms with Crippen LogP contribution in [0.3, 0.4) is 0 Å². The Morgan fingerprint density at radius 1 is 1.39 bits per heavy atom. The predicted octanol–water partition coefficient (Wildman–Crippen LogP) is 4.38. The minimum atomic E-state index is 0.147. The van der Waals surface area contributed by atoms with E-state index in [2.05, 4.69) is 22.4 Å². The van der Waals surface area contributed by atoms with Crippen molar-refractivity contribution in [2.75, 3.05) is 13.2 Å². The molecule has 5 nitrogen and oxygen atoms in total. The molecule has 3 rings (SSSR count). The van der Waals surface area contributed by atoms with Crippen molar-refractivity contribution in [3.63, 3.8) is 0 Å². The van der Waals surface area contributed by atoms with Crippen LogP contribution in [-0.2, 0) is 0 Å². The van der Waals surface area contributed by atoms with Crippen LogP contribution in [0.5, 0.6) is 5.75 Å². The molecule has 1 aliphatic rings. The highest BCUT2D eigenvalue weighted by Crippen LogP contribution is 2.32. The van der Waals surface area contributed by atoms with Crippen molar-refractivity contribution >= 4 is 11.6 Å². The van der Waals surface area contributed by atoms with Gasteiger partial charge in [-0.3, -0.25) is 0 Å². The SMILES string of the molecule is CCCCOc1ccc(Cl)cc1-c1noc([C@@H]2CCCCN2)n1. The number of unbranched alkanes of at least 4 members (excludes halogenated alkanes) is 1. The molecule has 23 heavy (non-hydrogen) atoms. The van der Waals surface area contributed by atoms with E-state index >= 15 is 0 Å². The summed E-state index contributed by atoms with van der Waals surface area (Å²) in [4.78, 5) is 4.56. The van der Waals surface area contributed by atoms with Gasteiger partial charge in [0.05, 0.1) is 18.2 Å². The number of hydrogen-bond donors (Lipinski definition) is 1. The van der Waals surface area contributed by atoms with E-state index in [1.165, 1.54) is 12.8 Å². The molecule has 1 atom stereocenters. The zero-order chi connectivity index (χ0) is 16.1. The molecule has 0 saturated carbocycles. The molecule has 1 saturated heterocycles. The number of hydrogen-bond acceptors (Lipinski definition) is 5. The van der Waals surface area contributed by atoms with Gasteiger partial charge >= 0.3 is 0 Å². The van der Waals surface area contributed by atoms with Crippen molar-refractivity contribution in [1.82, 2.24) is 15.5 Å². The van der Waals surface area contributed by atoms with E-state index in [0.717, 1.165) is 37.1 Å². The largest absolute Gasteiger partial charge is 0.493 e. The Morgan fingerprint density at radius 2 is 2.30 bits per heavy atom. The first-order valence-corrected chi connectivity index (χ1v) is 8.65. The average Bonchev–Trinajstić information content (AvgIpc) is 3.07. The Balaban J connectivity index is 1.82. The Morgan fingerprint density at radius 3 is 3.09 bits per heavy atom. The molecule has 1 N–H and O–H groups in total. The van der Waals surface area contributed by atoms with Gasteiger partial charge in [-0.1, -0.05) is 36.5 Å². The molecule has 0 bridgehead atoms. The van der Waals surface area contributed by atoms with E-state index in [-0.39, 0.29) is 6.04 Å². The molecule has 0 aliphatic carbocycles. The topological polar surface area (TPSA) is 60.2 Å². The van der Waals surface area contributed by atoms with Crippen LogP contribution in [0.25, 0.3) is 11.4 Å². The van der Waals surface area contributed by atoms with Gasteiger partial charge < -0.3 is 14.6 Å². The van der Waals surface area contributed by atoms with Crippen LogP contribution in [0.4, 0.5) is 0 Å². The molecule has 1 aliphatic heterocycles. The lowest BCUT2D eigenvalue weighted by Gasteiger charge is -2.19. The Hall–Kier alpha value is -1.59. The summed E-state index contributed by atoms with van der Waals surface area (Å²) in [7, 11) is 0. The number of nitrogens with one attached hydrogen (secondary N) is 1. The molecule has 1 aromatic heterocycles. The van der Waals surface area contributed by atoms with Gasteiger partial charge in [-0.25, -0.2) is 0 Å². The third-order valence-electron chi connectivity index (χ3n) is 3.99. The lowest BCUT2D eigenvalue weighted by atomic mass is 10.1. The van der Waals surface area contributed by atoms with E-state index < -0.39 is 0 Å². The van der Waals surface area contributed by atoms with Gasteiger partial charge in [0.25, 0.3) is 0 Å². The van der Waals surface area contributed by atoms with E-state index in [9.17, 15) is 0 Å². The third kappa shape index (κ3) is 4.03. The Labute approximate surface area is 141 Å². The summed E-state index contributed by atoms with van der Waals surface area (Å²) in [6.07, 6.45) is 5.49. The van der Waals surface area contributed by atoms with Crippen LogP contribution >= 0.6 is 11.6 Å². The lowest BCUT2D eigenvalue weighted by Crippen LogP contribution is -2.26. The molecule has 0 unspecified atom stereocenters. The summed E-state index contributed by atoms with van der Waals surface area (Å²) >= 11 is 6.13. The van der Waals surface area contributed by atoms with Gasteiger partial charge in [-0.05, 0) is 44.0 Å². The number of rotatable bonds is 6. The van der Waals surface area contributed by atoms with E-state index in [4.69, 9.17) is 20.9 Å². The van der Waals surface area contributed by atoms with Gasteiger partial charge in [0.15, 0.2) is 0 Å². The van der Waals surface area contributed by atoms with Gasteiger partial charge in [0.1, 0.15) is 5.75 Å². The molecule has 1 aromatic carbocycles. The van der Waals surface area contributed by atoms with Crippen molar-refractivity contribution in [2.24, 2.45) is 0 Å². The minimum Gasteiger partial charge on any atom is -0.493 e. The number of benzene rings is 1. The number of ether oxygens (including phenoxy) is 1. The second-order valence-corrected chi connectivity index (χ2v) is 6.24. The number of nitrogens with zero attached hydrogens (tertiary/aromatic N) is 2. The average molecular weight is 336 g/mol. The first kappa shape index (κ1) is 16.3. The molecule has 1 fully saturated rings. The van der Waals surface area contributed by atoms with Crippen LogP contribution in [0.1, 0.15) is 51.0 Å². The van der Waals surface area contributed by atoms with Gasteiger partial charge in [0.2, 0.25) is 11.7 Å². The summed E-state index contributed by atoms with van der Waals surface area (Å²) < 4.78 is 11.3. The molecule has 124 valence electrons. The van der Waals surface area contributed by atoms with E-state index in [1.54, 1.807) is 0 Å². The zero-order valence-corrected chi connectivity index (χ0v) is 14.1. The van der Waals surface area contributed by atoms with Crippen LogP contribution in [0.2, 0.25) is 5.02 Å². The van der Waals surface area contributed by atoms with Crippen LogP contribution in [0, 0.1) is 0 Å². The van der Waals surface area contributed by atoms with Crippen LogP contribution in [0.15, 0.2) is 22.7 Å². The number of aromatic nitrogens is 2. The molecule has 0 amide bonds. The second kappa shape index (κ2) is 7.79. The summed E-state index contributed by atoms with van der Waals surface area (Å²) in [5, 5.41) is 8.17. The minimum absolute atomic E-state index is 0.147. The third-order valence-corrected chi connectivity index (χ3v) is 4.22. The molecular weight excluding hydrogens is 314 g/mol. The highest BCUT2D eigenvalue weighted by molar-refractivity contribution is 6.30. The van der Waals surface area contributed by atoms with Gasteiger partial charge in [-0.2, -0.15) is 4.98 Å². The normalized spacial score (nSPS) is 18.1. The fourth-order valence-corrected chi connectivity index (χ4v) is 2.85.